The van der Waals surface area contributed by atoms with Crippen molar-refractivity contribution in [2.45, 2.75) is 16.5 Å². The first kappa shape index (κ1) is 19.2. The van der Waals surface area contributed by atoms with Crippen LogP contribution < -0.4 is 5.32 Å². The summed E-state index contributed by atoms with van der Waals surface area (Å²) in [6.07, 6.45) is 0.150. The van der Waals surface area contributed by atoms with Gasteiger partial charge in [0.25, 0.3) is 0 Å². The van der Waals surface area contributed by atoms with Crippen LogP contribution >= 0.6 is 46.3 Å². The number of amides is 1. The molecule has 26 heavy (non-hydrogen) atoms. The predicted octanol–water partition coefficient (Wildman–Crippen LogP) is 6.06. The fourth-order valence-electron chi connectivity index (χ4n) is 2.13. The smallest absolute Gasteiger partial charge is 0.230 e. The fraction of sp³-hybridized carbons (Fsp3) is 0.111. The molecule has 3 nitrogen and oxygen atoms in total. The standard InChI is InChI=1S/C18H13Cl2FN2OS2/c19-14-6-5-12(7-15(14)20)22-17(24)8-13-10-26-18(23-13)25-9-11-3-1-2-4-16(11)21/h1-7,10H,8-9H2,(H,22,24). The second-order valence-electron chi connectivity index (χ2n) is 5.34. The lowest BCUT2D eigenvalue weighted by atomic mass is 10.2. The molecule has 3 rings (SSSR count). The SMILES string of the molecule is O=C(Cc1csc(SCc2ccccc2F)n1)Nc1ccc(Cl)c(Cl)c1. The Morgan fingerprint density at radius 2 is 2.00 bits per heavy atom. The molecule has 0 aliphatic rings. The van der Waals surface area contributed by atoms with Gasteiger partial charge in [0.15, 0.2) is 0 Å². The van der Waals surface area contributed by atoms with Crippen molar-refractivity contribution in [3.05, 3.63) is 75.0 Å². The maximum atomic E-state index is 13.6. The summed E-state index contributed by atoms with van der Waals surface area (Å²) < 4.78 is 14.4. The first-order valence-corrected chi connectivity index (χ1v) is 10.2. The minimum Gasteiger partial charge on any atom is -0.326 e. The van der Waals surface area contributed by atoms with E-state index in [2.05, 4.69) is 10.3 Å². The highest BCUT2D eigenvalue weighted by atomic mass is 35.5. The van der Waals surface area contributed by atoms with E-state index in [1.807, 2.05) is 5.38 Å². The molecular formula is C18H13Cl2FN2OS2. The molecule has 2 aromatic carbocycles. The Bertz CT molecular complexity index is 933. The van der Waals surface area contributed by atoms with Crippen LogP contribution in [0.3, 0.4) is 0 Å². The van der Waals surface area contributed by atoms with Crippen LogP contribution in [0.5, 0.6) is 0 Å². The van der Waals surface area contributed by atoms with E-state index in [4.69, 9.17) is 23.2 Å². The molecule has 0 saturated heterocycles. The normalized spacial score (nSPS) is 10.7. The number of hydrogen-bond acceptors (Lipinski definition) is 4. The van der Waals surface area contributed by atoms with Gasteiger partial charge in [-0.25, -0.2) is 9.37 Å². The number of carbonyl (C=O) groups is 1. The van der Waals surface area contributed by atoms with Crippen LogP contribution in [0, 0.1) is 5.82 Å². The third-order valence-corrected chi connectivity index (χ3v) is 6.24. The predicted molar refractivity (Wildman–Crippen MR) is 107 cm³/mol. The monoisotopic (exact) mass is 426 g/mol. The molecule has 0 saturated carbocycles. The van der Waals surface area contributed by atoms with Gasteiger partial charge in [-0.2, -0.15) is 0 Å². The lowest BCUT2D eigenvalue weighted by Gasteiger charge is -2.05. The Labute approximate surface area is 168 Å². The van der Waals surface area contributed by atoms with Gasteiger partial charge >= 0.3 is 0 Å². The molecule has 0 radical (unpaired) electrons. The van der Waals surface area contributed by atoms with Crippen molar-refractivity contribution in [3.63, 3.8) is 0 Å². The van der Waals surface area contributed by atoms with Gasteiger partial charge in [0, 0.05) is 16.8 Å². The van der Waals surface area contributed by atoms with E-state index in [0.29, 0.717) is 32.7 Å². The van der Waals surface area contributed by atoms with Crippen molar-refractivity contribution >= 4 is 57.9 Å². The molecule has 1 aromatic heterocycles. The van der Waals surface area contributed by atoms with Crippen LogP contribution in [0.2, 0.25) is 10.0 Å². The van der Waals surface area contributed by atoms with Gasteiger partial charge in [0.05, 0.1) is 22.2 Å². The van der Waals surface area contributed by atoms with E-state index >= 15 is 0 Å². The molecule has 134 valence electrons. The molecule has 3 aromatic rings. The van der Waals surface area contributed by atoms with Gasteiger partial charge in [-0.05, 0) is 29.8 Å². The highest BCUT2D eigenvalue weighted by molar-refractivity contribution is 8.00. The molecule has 0 aliphatic carbocycles. The Hall–Kier alpha value is -1.60. The molecule has 1 amide bonds. The fourth-order valence-corrected chi connectivity index (χ4v) is 4.26. The van der Waals surface area contributed by atoms with Crippen LogP contribution in [-0.2, 0) is 17.0 Å². The molecule has 8 heteroatoms. The summed E-state index contributed by atoms with van der Waals surface area (Å²) in [6.45, 7) is 0. The molecular weight excluding hydrogens is 414 g/mol. The van der Waals surface area contributed by atoms with Crippen LogP contribution in [0.15, 0.2) is 52.2 Å². The Balaban J connectivity index is 1.55. The molecule has 1 N–H and O–H groups in total. The van der Waals surface area contributed by atoms with E-state index in [9.17, 15) is 9.18 Å². The zero-order valence-corrected chi connectivity index (χ0v) is 16.5. The highest BCUT2D eigenvalue weighted by Crippen LogP contribution is 2.28. The number of rotatable bonds is 6. The minimum absolute atomic E-state index is 0.150. The first-order valence-electron chi connectivity index (χ1n) is 7.57. The Kier molecular flexibility index (Phi) is 6.53. The number of benzene rings is 2. The summed E-state index contributed by atoms with van der Waals surface area (Å²) in [5.74, 6) is 0.0758. The van der Waals surface area contributed by atoms with Gasteiger partial charge in [-0.15, -0.1) is 11.3 Å². The quantitative estimate of drug-likeness (QED) is 0.486. The number of carbonyl (C=O) groups excluding carboxylic acids is 1. The summed E-state index contributed by atoms with van der Waals surface area (Å²) in [6, 6.07) is 11.6. The molecule has 0 fully saturated rings. The first-order chi connectivity index (χ1) is 12.5. The second kappa shape index (κ2) is 8.86. The summed E-state index contributed by atoms with van der Waals surface area (Å²) >= 11 is 14.7. The maximum Gasteiger partial charge on any atom is 0.230 e. The molecule has 0 unspecified atom stereocenters. The topological polar surface area (TPSA) is 42.0 Å². The Morgan fingerprint density at radius 3 is 2.77 bits per heavy atom. The minimum atomic E-state index is -0.224. The lowest BCUT2D eigenvalue weighted by Crippen LogP contribution is -2.14. The zero-order valence-electron chi connectivity index (χ0n) is 13.3. The number of thioether (sulfide) groups is 1. The largest absolute Gasteiger partial charge is 0.326 e. The molecule has 0 atom stereocenters. The number of aromatic nitrogens is 1. The Morgan fingerprint density at radius 1 is 1.19 bits per heavy atom. The summed E-state index contributed by atoms with van der Waals surface area (Å²) in [5.41, 5.74) is 1.88. The molecule has 0 bridgehead atoms. The van der Waals surface area contributed by atoms with Crippen molar-refractivity contribution in [1.29, 1.82) is 0 Å². The summed E-state index contributed by atoms with van der Waals surface area (Å²) in [4.78, 5) is 16.6. The summed E-state index contributed by atoms with van der Waals surface area (Å²) in [5, 5.41) is 5.40. The van der Waals surface area contributed by atoms with Gasteiger partial charge in [-0.1, -0.05) is 53.2 Å². The van der Waals surface area contributed by atoms with Gasteiger partial charge in [0.1, 0.15) is 10.2 Å². The van der Waals surface area contributed by atoms with E-state index < -0.39 is 0 Å². The van der Waals surface area contributed by atoms with Crippen molar-refractivity contribution in [3.8, 4) is 0 Å². The number of nitrogens with zero attached hydrogens (tertiary/aromatic N) is 1. The molecule has 0 spiro atoms. The summed E-state index contributed by atoms with van der Waals surface area (Å²) in [7, 11) is 0. The third-order valence-electron chi connectivity index (χ3n) is 3.38. The maximum absolute atomic E-state index is 13.6. The van der Waals surface area contributed by atoms with E-state index in [1.54, 1.807) is 36.4 Å². The third kappa shape index (κ3) is 5.20. The lowest BCUT2D eigenvalue weighted by molar-refractivity contribution is -0.115. The average Bonchev–Trinajstić information content (AvgIpc) is 3.05. The van der Waals surface area contributed by atoms with Crippen LogP contribution in [0.25, 0.3) is 0 Å². The van der Waals surface area contributed by atoms with Crippen molar-refractivity contribution in [2.75, 3.05) is 5.32 Å². The van der Waals surface area contributed by atoms with Crippen molar-refractivity contribution in [1.82, 2.24) is 4.98 Å². The number of anilines is 1. The van der Waals surface area contributed by atoms with E-state index in [1.165, 1.54) is 29.2 Å². The number of thiazole rings is 1. The average molecular weight is 427 g/mol. The number of nitrogens with one attached hydrogen (secondary N) is 1. The van der Waals surface area contributed by atoms with Crippen LogP contribution in [0.1, 0.15) is 11.3 Å². The van der Waals surface area contributed by atoms with Crippen molar-refractivity contribution < 1.29 is 9.18 Å². The molecule has 0 aliphatic heterocycles. The van der Waals surface area contributed by atoms with Crippen molar-refractivity contribution in [2.24, 2.45) is 0 Å². The van der Waals surface area contributed by atoms with E-state index in [0.717, 1.165) is 4.34 Å². The van der Waals surface area contributed by atoms with E-state index in [-0.39, 0.29) is 18.1 Å². The number of hydrogen-bond donors (Lipinski definition) is 1. The second-order valence-corrected chi connectivity index (χ2v) is 8.23. The number of halogens is 3. The molecule has 1 heterocycles. The van der Waals surface area contributed by atoms with Gasteiger partial charge in [0.2, 0.25) is 5.91 Å². The zero-order chi connectivity index (χ0) is 18.5. The van der Waals surface area contributed by atoms with Crippen LogP contribution in [-0.4, -0.2) is 10.9 Å². The van der Waals surface area contributed by atoms with Crippen LogP contribution in [0.4, 0.5) is 10.1 Å². The van der Waals surface area contributed by atoms with Gasteiger partial charge in [-0.3, -0.25) is 4.79 Å². The highest BCUT2D eigenvalue weighted by Gasteiger charge is 2.10. The van der Waals surface area contributed by atoms with Gasteiger partial charge < -0.3 is 5.32 Å².